The third-order valence-corrected chi connectivity index (χ3v) is 7.99. The fourth-order valence-electron chi connectivity index (χ4n) is 5.84. The average Bonchev–Trinajstić information content (AvgIpc) is 3.17. The number of hydrogen-bond donors (Lipinski definition) is 3. The van der Waals surface area contributed by atoms with Crippen LogP contribution < -0.4 is 10.6 Å². The minimum Gasteiger partial charge on any atom is -0.465 e. The minimum atomic E-state index is -1.51. The molecule has 41 heavy (non-hydrogen) atoms. The molecule has 4 amide bonds. The molecule has 1 spiro atoms. The van der Waals surface area contributed by atoms with Crippen molar-refractivity contribution in [3.63, 3.8) is 0 Å². The summed E-state index contributed by atoms with van der Waals surface area (Å²) in [6, 6.07) is 14.4. The number of carbonyl (C=O) groups is 4. The third kappa shape index (κ3) is 6.67. The van der Waals surface area contributed by atoms with Gasteiger partial charge in [0.1, 0.15) is 17.4 Å². The molecule has 2 aromatic carbocycles. The quantitative estimate of drug-likeness (QED) is 0.427. The number of nitrogens with zero attached hydrogens (tertiary/aromatic N) is 2. The maximum atomic E-state index is 14.0. The van der Waals surface area contributed by atoms with E-state index in [9.17, 15) is 23.6 Å². The number of likely N-dealkylation sites (tertiary alicyclic amines) is 2. The van der Waals surface area contributed by atoms with Crippen LogP contribution in [0.1, 0.15) is 43.7 Å². The Hall–Kier alpha value is -3.99. The van der Waals surface area contributed by atoms with Gasteiger partial charge in [-0.25, -0.2) is 9.18 Å². The molecule has 10 nitrogen and oxygen atoms in total. The van der Waals surface area contributed by atoms with Gasteiger partial charge in [-0.1, -0.05) is 42.5 Å². The van der Waals surface area contributed by atoms with E-state index < -0.39 is 34.9 Å². The topological polar surface area (TPSA) is 128 Å². The van der Waals surface area contributed by atoms with Gasteiger partial charge in [0, 0.05) is 32.6 Å². The van der Waals surface area contributed by atoms with Crippen molar-refractivity contribution >= 4 is 23.8 Å². The van der Waals surface area contributed by atoms with Crippen molar-refractivity contribution in [1.82, 2.24) is 20.4 Å². The molecule has 0 aromatic heterocycles. The predicted octanol–water partition coefficient (Wildman–Crippen LogP) is 2.74. The zero-order valence-electron chi connectivity index (χ0n) is 23.6. The van der Waals surface area contributed by atoms with Crippen LogP contribution in [-0.4, -0.2) is 83.6 Å². The number of ether oxygens (including phenoxy) is 1. The standard InChI is InChI=1S/C30H37FN4O6/c1-29(2,33-28(39)40)26(37)32-24(18-41-17-20-8-5-4-6-9-20)25(36)35-15-7-14-30(19-35)23(16-34(3)27(30)38)21-10-12-22(31)13-11-21/h4-6,8-13,23-24,33H,7,14-19H2,1-3H3,(H,32,37)(H,39,40)/t23?,24-,30?/m1/s1. The summed E-state index contributed by atoms with van der Waals surface area (Å²) in [6.07, 6.45) is -0.235. The van der Waals surface area contributed by atoms with Gasteiger partial charge in [0.25, 0.3) is 0 Å². The number of carbonyl (C=O) groups excluding carboxylic acids is 3. The number of nitrogens with one attached hydrogen (secondary N) is 2. The first-order valence-corrected chi connectivity index (χ1v) is 13.7. The molecule has 3 N–H and O–H groups in total. The molecule has 2 unspecified atom stereocenters. The molecule has 0 saturated carbocycles. The van der Waals surface area contributed by atoms with Crippen molar-refractivity contribution in [1.29, 1.82) is 0 Å². The summed E-state index contributed by atoms with van der Waals surface area (Å²) in [5.41, 5.74) is -0.679. The van der Waals surface area contributed by atoms with Gasteiger partial charge in [-0.15, -0.1) is 0 Å². The summed E-state index contributed by atoms with van der Waals surface area (Å²) >= 11 is 0. The highest BCUT2D eigenvalue weighted by Gasteiger charge is 2.56. The molecule has 4 rings (SSSR count). The molecule has 2 saturated heterocycles. The Kier molecular flexibility index (Phi) is 8.96. The lowest BCUT2D eigenvalue weighted by Crippen LogP contribution is -2.61. The highest BCUT2D eigenvalue weighted by Crippen LogP contribution is 2.49. The van der Waals surface area contributed by atoms with Crippen LogP contribution in [0.4, 0.5) is 9.18 Å². The maximum Gasteiger partial charge on any atom is 0.405 e. The maximum absolute atomic E-state index is 14.0. The smallest absolute Gasteiger partial charge is 0.405 e. The first kappa shape index (κ1) is 30.0. The van der Waals surface area contributed by atoms with Gasteiger partial charge < -0.3 is 30.3 Å². The SMILES string of the molecule is CN1CC(c2ccc(F)cc2)C2(CCCN(C(=O)[C@@H](COCc3ccccc3)NC(=O)C(C)(C)NC(=O)O)C2)C1=O. The van der Waals surface area contributed by atoms with E-state index in [-0.39, 0.29) is 37.4 Å². The van der Waals surface area contributed by atoms with Gasteiger partial charge in [-0.2, -0.15) is 0 Å². The van der Waals surface area contributed by atoms with Gasteiger partial charge in [0.15, 0.2) is 0 Å². The fourth-order valence-corrected chi connectivity index (χ4v) is 5.84. The predicted molar refractivity (Wildman–Crippen MR) is 148 cm³/mol. The minimum absolute atomic E-state index is 0.0722. The van der Waals surface area contributed by atoms with E-state index in [2.05, 4.69) is 10.6 Å². The van der Waals surface area contributed by atoms with E-state index in [1.54, 1.807) is 29.0 Å². The van der Waals surface area contributed by atoms with E-state index in [1.165, 1.54) is 26.0 Å². The van der Waals surface area contributed by atoms with Gasteiger partial charge in [0.05, 0.1) is 18.6 Å². The Labute approximate surface area is 238 Å². The molecule has 0 radical (unpaired) electrons. The molecule has 0 bridgehead atoms. The largest absolute Gasteiger partial charge is 0.465 e. The summed E-state index contributed by atoms with van der Waals surface area (Å²) in [5, 5.41) is 14.0. The molecule has 2 aromatic rings. The van der Waals surface area contributed by atoms with Crippen molar-refractivity contribution in [2.45, 2.75) is 50.8 Å². The van der Waals surface area contributed by atoms with E-state index in [4.69, 9.17) is 9.84 Å². The molecule has 2 aliphatic heterocycles. The second-order valence-electron chi connectivity index (χ2n) is 11.4. The van der Waals surface area contributed by atoms with Crippen LogP contribution in [0.3, 0.4) is 0 Å². The molecular formula is C30H37FN4O6. The second kappa shape index (κ2) is 12.3. The van der Waals surface area contributed by atoms with Crippen LogP contribution in [0.5, 0.6) is 0 Å². The fraction of sp³-hybridized carbons (Fsp3) is 0.467. The van der Waals surface area contributed by atoms with E-state index >= 15 is 0 Å². The monoisotopic (exact) mass is 568 g/mol. The molecule has 220 valence electrons. The van der Waals surface area contributed by atoms with Crippen molar-refractivity contribution in [3.8, 4) is 0 Å². The molecule has 2 aliphatic rings. The lowest BCUT2D eigenvalue weighted by Gasteiger charge is -2.43. The number of halogens is 1. The van der Waals surface area contributed by atoms with Gasteiger partial charge in [0.2, 0.25) is 17.7 Å². The first-order chi connectivity index (χ1) is 19.4. The van der Waals surface area contributed by atoms with Crippen LogP contribution in [0, 0.1) is 11.2 Å². The summed E-state index contributed by atoms with van der Waals surface area (Å²) < 4.78 is 19.5. The van der Waals surface area contributed by atoms with Crippen LogP contribution >= 0.6 is 0 Å². The Morgan fingerprint density at radius 1 is 1.15 bits per heavy atom. The second-order valence-corrected chi connectivity index (χ2v) is 11.4. The number of amides is 4. The molecular weight excluding hydrogens is 531 g/mol. The number of piperidine rings is 1. The number of benzene rings is 2. The number of likely N-dealkylation sites (N-methyl/N-ethyl adjacent to an activating group) is 1. The lowest BCUT2D eigenvalue weighted by molar-refractivity contribution is -0.147. The molecule has 2 fully saturated rings. The van der Waals surface area contributed by atoms with Crippen molar-refractivity contribution in [2.24, 2.45) is 5.41 Å². The lowest BCUT2D eigenvalue weighted by atomic mass is 9.69. The van der Waals surface area contributed by atoms with Crippen molar-refractivity contribution in [3.05, 3.63) is 71.5 Å². The number of hydrogen-bond acceptors (Lipinski definition) is 5. The molecule has 3 atom stereocenters. The Bertz CT molecular complexity index is 1270. The Balaban J connectivity index is 1.56. The highest BCUT2D eigenvalue weighted by molar-refractivity contribution is 5.94. The summed E-state index contributed by atoms with van der Waals surface area (Å²) in [7, 11) is 1.73. The van der Waals surface area contributed by atoms with Crippen LogP contribution in [0.15, 0.2) is 54.6 Å². The van der Waals surface area contributed by atoms with Gasteiger partial charge >= 0.3 is 6.09 Å². The summed E-state index contributed by atoms with van der Waals surface area (Å²) in [6.45, 7) is 3.83. The van der Waals surface area contributed by atoms with Crippen molar-refractivity contribution in [2.75, 3.05) is 33.3 Å². The third-order valence-electron chi connectivity index (χ3n) is 7.99. The van der Waals surface area contributed by atoms with Crippen LogP contribution in [0.2, 0.25) is 0 Å². The number of rotatable bonds is 9. The summed E-state index contributed by atoms with van der Waals surface area (Å²) in [5.74, 6) is -1.78. The van der Waals surface area contributed by atoms with Crippen LogP contribution in [0.25, 0.3) is 0 Å². The Morgan fingerprint density at radius 2 is 1.83 bits per heavy atom. The van der Waals surface area contributed by atoms with E-state index in [1.807, 2.05) is 30.3 Å². The normalized spacial score (nSPS) is 21.6. The molecule has 2 heterocycles. The van der Waals surface area contributed by atoms with Crippen molar-refractivity contribution < 1.29 is 33.4 Å². The van der Waals surface area contributed by atoms with Crippen LogP contribution in [-0.2, 0) is 25.7 Å². The zero-order valence-corrected chi connectivity index (χ0v) is 23.6. The zero-order chi connectivity index (χ0) is 29.8. The average molecular weight is 569 g/mol. The van der Waals surface area contributed by atoms with Gasteiger partial charge in [-0.3, -0.25) is 14.4 Å². The molecule has 0 aliphatic carbocycles. The summed E-state index contributed by atoms with van der Waals surface area (Å²) in [4.78, 5) is 55.1. The highest BCUT2D eigenvalue weighted by atomic mass is 19.1. The Morgan fingerprint density at radius 3 is 2.49 bits per heavy atom. The first-order valence-electron chi connectivity index (χ1n) is 13.7. The molecule has 11 heteroatoms. The van der Waals surface area contributed by atoms with E-state index in [0.717, 1.165) is 11.1 Å². The van der Waals surface area contributed by atoms with Gasteiger partial charge in [-0.05, 0) is 49.9 Å². The van der Waals surface area contributed by atoms with E-state index in [0.29, 0.717) is 25.9 Å². The number of carboxylic acid groups (broad SMARTS) is 1.